The minimum Gasteiger partial charge on any atom is -0.378 e. The van der Waals surface area contributed by atoms with Crippen molar-refractivity contribution in [2.24, 2.45) is 0 Å². The van der Waals surface area contributed by atoms with Gasteiger partial charge in [0.05, 0.1) is 23.9 Å². The number of hydrogen-bond acceptors (Lipinski definition) is 3. The second kappa shape index (κ2) is 8.49. The fourth-order valence-electron chi connectivity index (χ4n) is 4.60. The highest BCUT2D eigenvalue weighted by Gasteiger charge is 2.36. The van der Waals surface area contributed by atoms with Crippen LogP contribution in [-0.4, -0.2) is 52.9 Å². The van der Waals surface area contributed by atoms with Crippen molar-refractivity contribution in [1.82, 2.24) is 20.0 Å². The average Bonchev–Trinajstić information content (AvgIpc) is 3.07. The van der Waals surface area contributed by atoms with Gasteiger partial charge < -0.3 is 15.0 Å². The number of methoxy groups -OCH3 is 1. The molecule has 1 aliphatic heterocycles. The lowest BCUT2D eigenvalue weighted by Crippen LogP contribution is -2.49. The zero-order valence-electron chi connectivity index (χ0n) is 17.7. The maximum Gasteiger partial charge on any atom is 0.317 e. The van der Waals surface area contributed by atoms with E-state index < -0.39 is 5.92 Å². The van der Waals surface area contributed by atoms with Gasteiger partial charge in [0.1, 0.15) is 0 Å². The highest BCUT2D eigenvalue weighted by molar-refractivity contribution is 5.83. The fraction of sp³-hybridized carbons (Fsp3) is 0.636. The number of likely N-dealkylation sites (tertiary alicyclic amines) is 1. The number of fused-ring (bicyclic) bond motifs is 1. The Hall–Kier alpha value is -2.22. The minimum atomic E-state index is -2.58. The van der Waals surface area contributed by atoms with Gasteiger partial charge in [0.2, 0.25) is 5.92 Å². The Bertz CT molecular complexity index is 896. The van der Waals surface area contributed by atoms with Gasteiger partial charge >= 0.3 is 6.03 Å². The van der Waals surface area contributed by atoms with E-state index in [0.29, 0.717) is 32.5 Å². The lowest BCUT2D eigenvalue weighted by Gasteiger charge is -2.35. The molecule has 2 fully saturated rings. The highest BCUT2D eigenvalue weighted by Crippen LogP contribution is 2.33. The van der Waals surface area contributed by atoms with Crippen LogP contribution in [0.3, 0.4) is 0 Å². The second-order valence-corrected chi connectivity index (χ2v) is 8.64. The first kappa shape index (κ1) is 21.0. The summed E-state index contributed by atoms with van der Waals surface area (Å²) in [6.07, 6.45) is 2.03. The molecule has 164 valence electrons. The molecular formula is C22H30F2N4O2. The number of aryl methyl sites for hydroxylation is 1. The molecule has 0 spiro atoms. The van der Waals surface area contributed by atoms with Crippen molar-refractivity contribution in [3.05, 3.63) is 29.5 Å². The molecule has 4 rings (SSSR count). The number of rotatable bonds is 4. The van der Waals surface area contributed by atoms with Gasteiger partial charge in [-0.05, 0) is 44.7 Å². The second-order valence-electron chi connectivity index (χ2n) is 8.64. The van der Waals surface area contributed by atoms with E-state index in [9.17, 15) is 13.6 Å². The molecule has 8 heteroatoms. The van der Waals surface area contributed by atoms with Crippen molar-refractivity contribution >= 4 is 16.9 Å². The number of carbonyl (C=O) groups excluding carboxylic acids is 1. The molecule has 2 amide bonds. The number of urea groups is 1. The predicted molar refractivity (Wildman–Crippen MR) is 111 cm³/mol. The molecule has 1 saturated heterocycles. The van der Waals surface area contributed by atoms with E-state index in [-0.39, 0.29) is 31.0 Å². The van der Waals surface area contributed by atoms with Gasteiger partial charge in [-0.25, -0.2) is 13.6 Å². The Balaban J connectivity index is 1.38. The fourth-order valence-corrected chi connectivity index (χ4v) is 4.60. The smallest absolute Gasteiger partial charge is 0.317 e. The summed E-state index contributed by atoms with van der Waals surface area (Å²) in [4.78, 5) is 14.4. The standard InChI is InChI=1S/C22H30F2N4O2/c1-15-3-4-20-18(13-15)19(14-30-2)26-28(20)17-7-11-27(12-8-17)21(29)25-16-5-9-22(23,24)10-6-16/h3-4,13,16-17H,5-12,14H2,1-2H3,(H,25,29). The maximum absolute atomic E-state index is 13.3. The Labute approximate surface area is 175 Å². The Morgan fingerprint density at radius 1 is 1.23 bits per heavy atom. The summed E-state index contributed by atoms with van der Waals surface area (Å²) in [5, 5.41) is 8.89. The number of hydrogen-bond donors (Lipinski definition) is 1. The van der Waals surface area contributed by atoms with Crippen LogP contribution < -0.4 is 5.32 Å². The van der Waals surface area contributed by atoms with Gasteiger partial charge in [0, 0.05) is 44.5 Å². The molecule has 0 atom stereocenters. The molecule has 30 heavy (non-hydrogen) atoms. The number of nitrogens with zero attached hydrogens (tertiary/aromatic N) is 3. The van der Waals surface area contributed by atoms with Crippen LogP contribution >= 0.6 is 0 Å². The SMILES string of the molecule is COCc1nn(C2CCN(C(=O)NC3CCC(F)(F)CC3)CC2)c2ccc(C)cc12. The lowest BCUT2D eigenvalue weighted by atomic mass is 9.92. The van der Waals surface area contributed by atoms with Gasteiger partial charge in [0.25, 0.3) is 0 Å². The van der Waals surface area contributed by atoms with E-state index in [1.54, 1.807) is 12.0 Å². The molecule has 1 aliphatic carbocycles. The van der Waals surface area contributed by atoms with Crippen molar-refractivity contribution in [1.29, 1.82) is 0 Å². The van der Waals surface area contributed by atoms with Crippen LogP contribution in [0.25, 0.3) is 10.9 Å². The number of nitrogens with one attached hydrogen (secondary N) is 1. The van der Waals surface area contributed by atoms with E-state index in [4.69, 9.17) is 9.84 Å². The Kier molecular flexibility index (Phi) is 5.95. The number of piperidine rings is 1. The number of carbonyl (C=O) groups is 1. The number of halogens is 2. The maximum atomic E-state index is 13.3. The first-order chi connectivity index (χ1) is 14.4. The van der Waals surface area contributed by atoms with E-state index in [0.717, 1.165) is 29.4 Å². The van der Waals surface area contributed by atoms with Gasteiger partial charge in [0.15, 0.2) is 0 Å². The Morgan fingerprint density at radius 3 is 2.60 bits per heavy atom. The first-order valence-electron chi connectivity index (χ1n) is 10.8. The first-order valence-corrected chi connectivity index (χ1v) is 10.8. The molecule has 1 N–H and O–H groups in total. The van der Waals surface area contributed by atoms with Gasteiger partial charge in [-0.1, -0.05) is 11.6 Å². The third-order valence-corrected chi connectivity index (χ3v) is 6.36. The van der Waals surface area contributed by atoms with Gasteiger partial charge in [-0.2, -0.15) is 5.10 Å². The van der Waals surface area contributed by atoms with Crippen LogP contribution in [0.15, 0.2) is 18.2 Å². The van der Waals surface area contributed by atoms with Crippen LogP contribution in [0.4, 0.5) is 13.6 Å². The predicted octanol–water partition coefficient (Wildman–Crippen LogP) is 4.42. The van der Waals surface area contributed by atoms with E-state index in [1.165, 1.54) is 5.56 Å². The lowest BCUT2D eigenvalue weighted by molar-refractivity contribution is -0.0398. The normalized spacial score (nSPS) is 20.6. The molecule has 0 bridgehead atoms. The van der Waals surface area contributed by atoms with Gasteiger partial charge in [-0.3, -0.25) is 4.68 Å². The molecule has 0 radical (unpaired) electrons. The zero-order chi connectivity index (χ0) is 21.3. The number of benzene rings is 1. The summed E-state index contributed by atoms with van der Waals surface area (Å²) >= 11 is 0. The van der Waals surface area contributed by atoms with E-state index in [1.807, 2.05) is 0 Å². The monoisotopic (exact) mass is 420 g/mol. The summed E-state index contributed by atoms with van der Waals surface area (Å²) in [5.74, 6) is -2.58. The number of alkyl halides is 2. The average molecular weight is 421 g/mol. The van der Waals surface area contributed by atoms with E-state index in [2.05, 4.69) is 35.1 Å². The van der Waals surface area contributed by atoms with Crippen LogP contribution in [0, 0.1) is 6.92 Å². The van der Waals surface area contributed by atoms with Gasteiger partial charge in [-0.15, -0.1) is 0 Å². The minimum absolute atomic E-state index is 0.135. The van der Waals surface area contributed by atoms with Crippen LogP contribution in [0.5, 0.6) is 0 Å². The number of amides is 2. The van der Waals surface area contributed by atoms with Crippen molar-refractivity contribution in [3.8, 4) is 0 Å². The molecule has 2 heterocycles. The molecule has 1 saturated carbocycles. The molecule has 0 unspecified atom stereocenters. The summed E-state index contributed by atoms with van der Waals surface area (Å²) in [6, 6.07) is 6.28. The van der Waals surface area contributed by atoms with E-state index >= 15 is 0 Å². The topological polar surface area (TPSA) is 59.4 Å². The van der Waals surface area contributed by atoms with Crippen LogP contribution in [0.2, 0.25) is 0 Å². The van der Waals surface area contributed by atoms with Crippen molar-refractivity contribution in [3.63, 3.8) is 0 Å². The molecule has 1 aromatic heterocycles. The summed E-state index contributed by atoms with van der Waals surface area (Å²) in [7, 11) is 1.67. The van der Waals surface area contributed by atoms with Crippen molar-refractivity contribution in [2.45, 2.75) is 70.1 Å². The molecule has 2 aromatic rings. The molecule has 1 aromatic carbocycles. The van der Waals surface area contributed by atoms with Crippen LogP contribution in [0.1, 0.15) is 55.8 Å². The summed E-state index contributed by atoms with van der Waals surface area (Å²) in [6.45, 7) is 3.80. The molecule has 6 nitrogen and oxygen atoms in total. The number of ether oxygens (including phenoxy) is 1. The third kappa shape index (κ3) is 4.43. The third-order valence-electron chi connectivity index (χ3n) is 6.36. The highest BCUT2D eigenvalue weighted by atomic mass is 19.3. The molecular weight excluding hydrogens is 390 g/mol. The molecule has 2 aliphatic rings. The summed E-state index contributed by atoms with van der Waals surface area (Å²) in [5.41, 5.74) is 3.22. The number of aromatic nitrogens is 2. The van der Waals surface area contributed by atoms with Crippen molar-refractivity contribution < 1.29 is 18.3 Å². The van der Waals surface area contributed by atoms with Crippen LogP contribution in [-0.2, 0) is 11.3 Å². The van der Waals surface area contributed by atoms with Crippen molar-refractivity contribution in [2.75, 3.05) is 20.2 Å². The largest absolute Gasteiger partial charge is 0.378 e. The summed E-state index contributed by atoms with van der Waals surface area (Å²) < 4.78 is 34.0. The quantitative estimate of drug-likeness (QED) is 0.797. The Morgan fingerprint density at radius 2 is 1.93 bits per heavy atom. The zero-order valence-corrected chi connectivity index (χ0v) is 17.7.